The van der Waals surface area contributed by atoms with E-state index in [9.17, 15) is 4.79 Å². The van der Waals surface area contributed by atoms with Crippen LogP contribution < -0.4 is 14.8 Å². The number of carbonyl (C=O) groups excluding carboxylic acids is 1. The van der Waals surface area contributed by atoms with Gasteiger partial charge in [0.25, 0.3) is 0 Å². The van der Waals surface area contributed by atoms with E-state index < -0.39 is 0 Å². The fourth-order valence-electron chi connectivity index (χ4n) is 4.11. The Bertz CT molecular complexity index is 859. The van der Waals surface area contributed by atoms with Crippen molar-refractivity contribution in [3.63, 3.8) is 0 Å². The summed E-state index contributed by atoms with van der Waals surface area (Å²) >= 11 is 6.34. The topological polar surface area (TPSA) is 50.8 Å². The minimum absolute atomic E-state index is 0.246. The molecule has 0 aliphatic carbocycles. The van der Waals surface area contributed by atoms with Gasteiger partial charge >= 0.3 is 0 Å². The van der Waals surface area contributed by atoms with Crippen LogP contribution in [0.4, 0.5) is 0 Å². The fraction of sp³-hybridized carbons (Fsp3) is 0.435. The molecule has 2 aromatic rings. The van der Waals surface area contributed by atoms with E-state index in [1.807, 2.05) is 18.2 Å². The van der Waals surface area contributed by atoms with Gasteiger partial charge in [-0.3, -0.25) is 4.79 Å². The summed E-state index contributed by atoms with van der Waals surface area (Å²) in [6.45, 7) is 4.71. The fourth-order valence-corrected chi connectivity index (χ4v) is 4.33. The Balaban J connectivity index is 1.28. The van der Waals surface area contributed by atoms with Crippen LogP contribution in [0.5, 0.6) is 11.5 Å². The molecule has 0 bridgehead atoms. The molecule has 2 heterocycles. The summed E-state index contributed by atoms with van der Waals surface area (Å²) in [6, 6.07) is 14.5. The molecule has 1 amide bonds. The molecule has 2 aromatic carbocycles. The van der Waals surface area contributed by atoms with Crippen LogP contribution in [0.25, 0.3) is 0 Å². The lowest BCUT2D eigenvalue weighted by molar-refractivity contribution is -0.129. The molecule has 6 heteroatoms. The van der Waals surface area contributed by atoms with Crippen LogP contribution in [0.15, 0.2) is 42.5 Å². The summed E-state index contributed by atoms with van der Waals surface area (Å²) < 4.78 is 10.8. The zero-order valence-electron chi connectivity index (χ0n) is 16.7. The van der Waals surface area contributed by atoms with Gasteiger partial charge in [0.15, 0.2) is 11.5 Å². The number of nitrogens with zero attached hydrogens (tertiary/aromatic N) is 1. The van der Waals surface area contributed by atoms with Crippen molar-refractivity contribution in [3.05, 3.63) is 58.6 Å². The summed E-state index contributed by atoms with van der Waals surface area (Å²) in [5.41, 5.74) is 2.27. The predicted octanol–water partition coefficient (Wildman–Crippen LogP) is 4.34. The maximum absolute atomic E-state index is 12.4. The summed E-state index contributed by atoms with van der Waals surface area (Å²) in [5.74, 6) is 2.05. The van der Waals surface area contributed by atoms with Crippen molar-refractivity contribution in [1.82, 2.24) is 10.2 Å². The van der Waals surface area contributed by atoms with Crippen LogP contribution >= 0.6 is 11.6 Å². The van der Waals surface area contributed by atoms with Gasteiger partial charge in [0.2, 0.25) is 12.7 Å². The van der Waals surface area contributed by atoms with E-state index >= 15 is 0 Å². The van der Waals surface area contributed by atoms with E-state index in [0.717, 1.165) is 37.2 Å². The first-order valence-electron chi connectivity index (χ1n) is 10.2. The van der Waals surface area contributed by atoms with Crippen LogP contribution in [0.3, 0.4) is 0 Å². The minimum Gasteiger partial charge on any atom is -0.454 e. The molecule has 1 saturated heterocycles. The van der Waals surface area contributed by atoms with Gasteiger partial charge in [0.05, 0.1) is 0 Å². The molecule has 0 spiro atoms. The van der Waals surface area contributed by atoms with Gasteiger partial charge in [-0.05, 0) is 42.5 Å². The van der Waals surface area contributed by atoms with Gasteiger partial charge in [-0.15, -0.1) is 0 Å². The number of amides is 1. The molecule has 2 atom stereocenters. The van der Waals surface area contributed by atoms with Crippen molar-refractivity contribution in [2.24, 2.45) is 0 Å². The van der Waals surface area contributed by atoms with Crippen molar-refractivity contribution >= 4 is 17.5 Å². The quantitative estimate of drug-likeness (QED) is 0.653. The second kappa shape index (κ2) is 9.06. The number of likely N-dealkylation sites (tertiary alicyclic amines) is 1. The Hall–Kier alpha value is -2.24. The van der Waals surface area contributed by atoms with Gasteiger partial charge in [0, 0.05) is 36.6 Å². The van der Waals surface area contributed by atoms with E-state index in [0.29, 0.717) is 35.7 Å². The summed E-state index contributed by atoms with van der Waals surface area (Å²) in [7, 11) is 0. The molecule has 154 valence electrons. The number of nitrogens with one attached hydrogen (secondary N) is 1. The third-order valence-electron chi connectivity index (χ3n) is 5.80. The van der Waals surface area contributed by atoms with Crippen molar-refractivity contribution in [3.8, 4) is 11.5 Å². The van der Waals surface area contributed by atoms with E-state index in [4.69, 9.17) is 21.1 Å². The van der Waals surface area contributed by atoms with E-state index in [-0.39, 0.29) is 12.7 Å². The smallest absolute Gasteiger partial charge is 0.231 e. The minimum atomic E-state index is 0.246. The van der Waals surface area contributed by atoms with Crippen molar-refractivity contribution in [2.45, 2.75) is 44.7 Å². The largest absolute Gasteiger partial charge is 0.454 e. The number of halogens is 1. The van der Waals surface area contributed by atoms with Crippen LogP contribution in [0, 0.1) is 0 Å². The van der Waals surface area contributed by atoms with E-state index in [2.05, 4.69) is 41.4 Å². The number of carbonyl (C=O) groups is 1. The highest BCUT2D eigenvalue weighted by atomic mass is 35.5. The highest BCUT2D eigenvalue weighted by molar-refractivity contribution is 6.31. The summed E-state index contributed by atoms with van der Waals surface area (Å²) in [4.78, 5) is 14.5. The Labute approximate surface area is 176 Å². The number of rotatable bonds is 8. The lowest BCUT2D eigenvalue weighted by Gasteiger charge is -2.28. The first kappa shape index (κ1) is 20.0. The number of hydrogen-bond donors (Lipinski definition) is 1. The number of hydrogen-bond acceptors (Lipinski definition) is 4. The molecule has 0 saturated carbocycles. The normalized spacial score (nSPS) is 19.0. The zero-order chi connectivity index (χ0) is 20.2. The van der Waals surface area contributed by atoms with Crippen LogP contribution in [0.2, 0.25) is 5.02 Å². The third-order valence-corrected chi connectivity index (χ3v) is 6.15. The third kappa shape index (κ3) is 4.68. The molecule has 0 radical (unpaired) electrons. The van der Waals surface area contributed by atoms with Crippen LogP contribution in [-0.4, -0.2) is 36.7 Å². The second-order valence-corrected chi connectivity index (χ2v) is 8.22. The summed E-state index contributed by atoms with van der Waals surface area (Å²) in [6.07, 6.45) is 2.53. The Kier molecular flexibility index (Phi) is 6.26. The highest BCUT2D eigenvalue weighted by Crippen LogP contribution is 2.36. The lowest BCUT2D eigenvalue weighted by atomic mass is 10.00. The van der Waals surface area contributed by atoms with Gasteiger partial charge in [-0.2, -0.15) is 0 Å². The summed E-state index contributed by atoms with van der Waals surface area (Å²) in [5, 5.41) is 4.14. The molecule has 2 unspecified atom stereocenters. The Morgan fingerprint density at radius 3 is 2.76 bits per heavy atom. The van der Waals surface area contributed by atoms with Gasteiger partial charge < -0.3 is 19.7 Å². The maximum Gasteiger partial charge on any atom is 0.231 e. The number of ether oxygens (including phenoxy) is 2. The highest BCUT2D eigenvalue weighted by Gasteiger charge is 2.31. The van der Waals surface area contributed by atoms with Crippen molar-refractivity contribution in [1.29, 1.82) is 0 Å². The molecule has 2 aliphatic rings. The van der Waals surface area contributed by atoms with E-state index in [1.165, 1.54) is 5.56 Å². The molecule has 1 N–H and O–H groups in total. The average molecular weight is 415 g/mol. The average Bonchev–Trinajstić information content (AvgIpc) is 3.32. The van der Waals surface area contributed by atoms with Gasteiger partial charge in [0.1, 0.15) is 0 Å². The number of benzene rings is 2. The van der Waals surface area contributed by atoms with E-state index in [1.54, 1.807) is 0 Å². The molecule has 2 aliphatic heterocycles. The Morgan fingerprint density at radius 1 is 1.21 bits per heavy atom. The number of fused-ring (bicyclic) bond motifs is 1. The Morgan fingerprint density at radius 2 is 1.97 bits per heavy atom. The first-order chi connectivity index (χ1) is 14.1. The molecule has 1 fully saturated rings. The molecular formula is C23H27ClN2O3. The van der Waals surface area contributed by atoms with Gasteiger partial charge in [-0.1, -0.05) is 48.9 Å². The zero-order valence-corrected chi connectivity index (χ0v) is 17.5. The maximum atomic E-state index is 12.4. The van der Waals surface area contributed by atoms with Crippen LogP contribution in [-0.2, 0) is 11.3 Å². The van der Waals surface area contributed by atoms with Gasteiger partial charge in [-0.25, -0.2) is 0 Å². The SMILES string of the molecule is CC(CN1C(=O)CCC1CCNCc1cc2c(cc1Cl)OCO2)c1ccccc1. The molecule has 5 nitrogen and oxygen atoms in total. The monoisotopic (exact) mass is 414 g/mol. The lowest BCUT2D eigenvalue weighted by Crippen LogP contribution is -2.37. The molecular weight excluding hydrogens is 388 g/mol. The van der Waals surface area contributed by atoms with Crippen molar-refractivity contribution < 1.29 is 14.3 Å². The van der Waals surface area contributed by atoms with Crippen LogP contribution in [0.1, 0.15) is 43.2 Å². The molecule has 29 heavy (non-hydrogen) atoms. The van der Waals surface area contributed by atoms with Crippen molar-refractivity contribution in [2.75, 3.05) is 19.9 Å². The first-order valence-corrected chi connectivity index (χ1v) is 10.6. The molecule has 4 rings (SSSR count). The molecule has 0 aromatic heterocycles. The second-order valence-electron chi connectivity index (χ2n) is 7.81. The standard InChI is InChI=1S/C23H27ClN2O3/c1-16(17-5-3-2-4-6-17)14-26-19(7-8-23(26)27)9-10-25-13-18-11-21-22(12-20(18)24)29-15-28-21/h2-6,11-12,16,19,25H,7-10,13-15H2,1H3. The predicted molar refractivity (Wildman–Crippen MR) is 113 cm³/mol.